The van der Waals surface area contributed by atoms with Crippen molar-refractivity contribution in [3.63, 3.8) is 0 Å². The van der Waals surface area contributed by atoms with E-state index in [0.29, 0.717) is 5.56 Å². The van der Waals surface area contributed by atoms with Crippen LogP contribution in [0.4, 0.5) is 0 Å². The van der Waals surface area contributed by atoms with Crippen LogP contribution >= 0.6 is 11.8 Å². The van der Waals surface area contributed by atoms with Crippen molar-refractivity contribution in [1.82, 2.24) is 5.32 Å². The Morgan fingerprint density at radius 3 is 2.76 bits per heavy atom. The number of phenolic OH excluding ortho intramolecular Hbond substituents is 2. The monoisotopic (exact) mass is 369 g/mol. The SMILES string of the molecule is COC(=O)[C@@H]1CSCc2c(O)cc(O)c(C)c2C(=O)OCCC(=O)N1. The molecule has 0 fully saturated rings. The lowest BCUT2D eigenvalue weighted by molar-refractivity contribution is -0.144. The first-order valence-electron chi connectivity index (χ1n) is 7.51. The fourth-order valence-electron chi connectivity index (χ4n) is 2.39. The number of esters is 2. The van der Waals surface area contributed by atoms with E-state index in [1.807, 2.05) is 0 Å². The maximum absolute atomic E-state index is 12.3. The Labute approximate surface area is 148 Å². The predicted octanol–water partition coefficient (Wildman–Crippen LogP) is 0.858. The zero-order valence-corrected chi connectivity index (χ0v) is 14.6. The molecule has 9 heteroatoms. The van der Waals surface area contributed by atoms with Crippen LogP contribution in [-0.2, 0) is 24.8 Å². The van der Waals surface area contributed by atoms with Gasteiger partial charge in [0, 0.05) is 28.7 Å². The number of amides is 1. The summed E-state index contributed by atoms with van der Waals surface area (Å²) in [6.07, 6.45) is -0.122. The third-order valence-corrected chi connectivity index (χ3v) is 4.82. The molecule has 8 nitrogen and oxygen atoms in total. The van der Waals surface area contributed by atoms with Gasteiger partial charge in [-0.2, -0.15) is 11.8 Å². The largest absolute Gasteiger partial charge is 0.508 e. The summed E-state index contributed by atoms with van der Waals surface area (Å²) in [6.45, 7) is 1.34. The molecule has 1 heterocycles. The van der Waals surface area contributed by atoms with Crippen LogP contribution in [0.25, 0.3) is 0 Å². The van der Waals surface area contributed by atoms with Crippen molar-refractivity contribution in [2.75, 3.05) is 19.5 Å². The third-order valence-electron chi connectivity index (χ3n) is 3.76. The molecule has 0 aliphatic carbocycles. The van der Waals surface area contributed by atoms with E-state index in [0.717, 1.165) is 6.07 Å². The highest BCUT2D eigenvalue weighted by Gasteiger charge is 2.26. The Kier molecular flexibility index (Phi) is 6.13. The minimum absolute atomic E-state index is 0.0700. The third kappa shape index (κ3) is 4.36. The second kappa shape index (κ2) is 8.11. The standard InChI is InChI=1S/C16H19NO7S/c1-8-11(18)5-12(19)9-6-25-7-10(15(21)23-2)17-13(20)3-4-24-16(22)14(8)9/h5,10,18-19H,3-4,6-7H2,1-2H3,(H,17,20)/t10-/m0/s1. The molecule has 0 saturated carbocycles. The van der Waals surface area contributed by atoms with E-state index in [1.165, 1.54) is 25.8 Å². The molecule has 0 aromatic heterocycles. The van der Waals surface area contributed by atoms with E-state index in [1.54, 1.807) is 0 Å². The number of nitrogens with one attached hydrogen (secondary N) is 1. The topological polar surface area (TPSA) is 122 Å². The van der Waals surface area contributed by atoms with Crippen molar-refractivity contribution < 1.29 is 34.1 Å². The Hall–Kier alpha value is -2.42. The molecule has 136 valence electrons. The fraction of sp³-hybridized carbons (Fsp3) is 0.438. The molecule has 0 bridgehead atoms. The maximum atomic E-state index is 12.3. The minimum atomic E-state index is -0.846. The lowest BCUT2D eigenvalue weighted by Crippen LogP contribution is -2.43. The number of thioether (sulfide) groups is 1. The zero-order valence-electron chi connectivity index (χ0n) is 13.8. The van der Waals surface area contributed by atoms with E-state index in [4.69, 9.17) is 4.74 Å². The molecule has 0 saturated heterocycles. The normalized spacial score (nSPS) is 18.9. The molecule has 0 spiro atoms. The van der Waals surface area contributed by atoms with Crippen LogP contribution in [0.3, 0.4) is 0 Å². The van der Waals surface area contributed by atoms with Crippen molar-refractivity contribution in [3.05, 3.63) is 22.8 Å². The lowest BCUT2D eigenvalue weighted by atomic mass is 10.0. The zero-order chi connectivity index (χ0) is 18.6. The molecule has 3 N–H and O–H groups in total. The Morgan fingerprint density at radius 1 is 1.36 bits per heavy atom. The summed E-state index contributed by atoms with van der Waals surface area (Å²) in [4.78, 5) is 35.9. The predicted molar refractivity (Wildman–Crippen MR) is 89.5 cm³/mol. The molecular formula is C16H19NO7S. The van der Waals surface area contributed by atoms with Crippen LogP contribution in [0.5, 0.6) is 11.5 Å². The molecule has 1 aromatic rings. The number of carbonyl (C=O) groups excluding carboxylic acids is 3. The summed E-state index contributed by atoms with van der Waals surface area (Å²) in [5, 5.41) is 22.5. The molecule has 1 aliphatic heterocycles. The number of ether oxygens (including phenoxy) is 2. The fourth-order valence-corrected chi connectivity index (χ4v) is 3.46. The van der Waals surface area contributed by atoms with Crippen LogP contribution in [0.2, 0.25) is 0 Å². The van der Waals surface area contributed by atoms with Gasteiger partial charge in [0.25, 0.3) is 0 Å². The second-order valence-corrected chi connectivity index (χ2v) is 6.47. The highest BCUT2D eigenvalue weighted by atomic mass is 32.2. The van der Waals surface area contributed by atoms with Crippen LogP contribution in [0, 0.1) is 6.92 Å². The first kappa shape index (κ1) is 18.9. The van der Waals surface area contributed by atoms with Gasteiger partial charge in [-0.15, -0.1) is 0 Å². The summed E-state index contributed by atoms with van der Waals surface area (Å²) in [5.74, 6) is -1.83. The Balaban J connectivity index is 2.36. The number of rotatable bonds is 1. The van der Waals surface area contributed by atoms with E-state index < -0.39 is 23.9 Å². The van der Waals surface area contributed by atoms with Crippen LogP contribution in [0.1, 0.15) is 27.9 Å². The quantitative estimate of drug-likeness (QED) is 0.623. The minimum Gasteiger partial charge on any atom is -0.508 e. The van der Waals surface area contributed by atoms with Gasteiger partial charge >= 0.3 is 11.9 Å². The van der Waals surface area contributed by atoms with Crippen molar-refractivity contribution in [3.8, 4) is 11.5 Å². The van der Waals surface area contributed by atoms with Crippen molar-refractivity contribution in [2.45, 2.75) is 25.1 Å². The molecule has 2 rings (SSSR count). The van der Waals surface area contributed by atoms with Gasteiger partial charge in [0.1, 0.15) is 24.1 Å². The van der Waals surface area contributed by atoms with Gasteiger partial charge in [0.2, 0.25) is 5.91 Å². The highest BCUT2D eigenvalue weighted by Crippen LogP contribution is 2.35. The molecule has 1 aliphatic rings. The molecular weight excluding hydrogens is 350 g/mol. The number of fused-ring (bicyclic) bond motifs is 1. The second-order valence-electron chi connectivity index (χ2n) is 5.44. The Morgan fingerprint density at radius 2 is 2.08 bits per heavy atom. The van der Waals surface area contributed by atoms with Crippen LogP contribution < -0.4 is 5.32 Å². The van der Waals surface area contributed by atoms with E-state index >= 15 is 0 Å². The van der Waals surface area contributed by atoms with E-state index in [2.05, 4.69) is 10.1 Å². The number of benzene rings is 1. The lowest BCUT2D eigenvalue weighted by Gasteiger charge is -2.19. The summed E-state index contributed by atoms with van der Waals surface area (Å²) in [5.41, 5.74) is 0.658. The number of cyclic esters (lactones) is 1. The number of methoxy groups -OCH3 is 1. The number of hydrogen-bond acceptors (Lipinski definition) is 8. The van der Waals surface area contributed by atoms with Crippen molar-refractivity contribution in [1.29, 1.82) is 0 Å². The number of hydrogen-bond donors (Lipinski definition) is 3. The summed E-state index contributed by atoms with van der Waals surface area (Å²) in [7, 11) is 1.23. The van der Waals surface area contributed by atoms with Gasteiger partial charge in [-0.1, -0.05) is 0 Å². The summed E-state index contributed by atoms with van der Waals surface area (Å²) >= 11 is 1.23. The maximum Gasteiger partial charge on any atom is 0.338 e. The molecule has 0 radical (unpaired) electrons. The summed E-state index contributed by atoms with van der Waals surface area (Å²) in [6, 6.07) is 0.314. The highest BCUT2D eigenvalue weighted by molar-refractivity contribution is 7.98. The number of phenols is 2. The first-order chi connectivity index (χ1) is 11.8. The average molecular weight is 369 g/mol. The van der Waals surface area contributed by atoms with Crippen LogP contribution in [-0.4, -0.2) is 53.6 Å². The van der Waals surface area contributed by atoms with Gasteiger partial charge in [0.05, 0.1) is 19.1 Å². The van der Waals surface area contributed by atoms with Gasteiger partial charge in [-0.05, 0) is 6.92 Å². The number of aromatic hydroxyl groups is 2. The average Bonchev–Trinajstić information content (AvgIpc) is 2.56. The van der Waals surface area contributed by atoms with Crippen LogP contribution in [0.15, 0.2) is 6.07 Å². The van der Waals surface area contributed by atoms with Gasteiger partial charge in [0.15, 0.2) is 0 Å². The van der Waals surface area contributed by atoms with E-state index in [9.17, 15) is 24.6 Å². The molecule has 0 unspecified atom stereocenters. The Bertz CT molecular complexity index is 704. The molecule has 1 aromatic carbocycles. The molecule has 25 heavy (non-hydrogen) atoms. The van der Waals surface area contributed by atoms with Crippen molar-refractivity contribution >= 4 is 29.6 Å². The molecule has 1 amide bonds. The first-order valence-corrected chi connectivity index (χ1v) is 8.67. The van der Waals surface area contributed by atoms with Crippen molar-refractivity contribution in [2.24, 2.45) is 0 Å². The van der Waals surface area contributed by atoms with Gasteiger partial charge in [-0.25, -0.2) is 9.59 Å². The summed E-state index contributed by atoms with van der Waals surface area (Å²) < 4.78 is 9.75. The van der Waals surface area contributed by atoms with E-state index in [-0.39, 0.29) is 47.2 Å². The molecule has 1 atom stereocenters. The van der Waals surface area contributed by atoms with Gasteiger partial charge in [-0.3, -0.25) is 4.79 Å². The van der Waals surface area contributed by atoms with Gasteiger partial charge < -0.3 is 25.0 Å². The number of carbonyl (C=O) groups is 3. The smallest absolute Gasteiger partial charge is 0.338 e.